The maximum absolute atomic E-state index is 13.7. The number of benzene rings is 2. The number of aryl methyl sites for hydroxylation is 2. The Morgan fingerprint density at radius 3 is 2.42 bits per heavy atom. The summed E-state index contributed by atoms with van der Waals surface area (Å²) < 4.78 is 52.5. The van der Waals surface area contributed by atoms with E-state index in [0.717, 1.165) is 5.56 Å². The summed E-state index contributed by atoms with van der Waals surface area (Å²) in [6.07, 6.45) is -3.39. The van der Waals surface area contributed by atoms with Crippen LogP contribution in [0.3, 0.4) is 0 Å². The summed E-state index contributed by atoms with van der Waals surface area (Å²) in [4.78, 5) is 27.1. The molecule has 2 aromatic carbocycles. The fourth-order valence-electron chi connectivity index (χ4n) is 4.97. The number of esters is 1. The molecule has 2 heterocycles. The van der Waals surface area contributed by atoms with Crippen molar-refractivity contribution in [3.63, 3.8) is 0 Å². The summed E-state index contributed by atoms with van der Waals surface area (Å²) in [5.74, 6) is -0.196. The summed E-state index contributed by atoms with van der Waals surface area (Å²) >= 11 is 0. The van der Waals surface area contributed by atoms with Crippen LogP contribution in [0.15, 0.2) is 42.5 Å². The fraction of sp³-hybridized carbons (Fsp3) is 0.414. The van der Waals surface area contributed by atoms with Crippen molar-refractivity contribution in [2.24, 2.45) is 0 Å². The molecule has 1 N–H and O–H groups in total. The van der Waals surface area contributed by atoms with Crippen molar-refractivity contribution >= 4 is 17.7 Å². The van der Waals surface area contributed by atoms with Crippen molar-refractivity contribution in [3.05, 3.63) is 81.5 Å². The van der Waals surface area contributed by atoms with Gasteiger partial charge >= 0.3 is 12.1 Å². The highest BCUT2D eigenvalue weighted by molar-refractivity contribution is 6.00. The number of alkyl halides is 3. The van der Waals surface area contributed by atoms with Crippen LogP contribution in [0.4, 0.5) is 19.0 Å². The zero-order chi connectivity index (χ0) is 29.0. The number of anilines is 1. The Bertz CT molecular complexity index is 1370. The molecule has 0 aliphatic carbocycles. The molecule has 1 atom stereocenters. The smallest absolute Gasteiger partial charge is 0.416 e. The molecule has 3 aromatic rings. The molecule has 8 nitrogen and oxygen atoms in total. The third-order valence-corrected chi connectivity index (χ3v) is 6.96. The van der Waals surface area contributed by atoms with E-state index in [0.29, 0.717) is 66.3 Å². The molecule has 4 rings (SSSR count). The second-order valence-corrected chi connectivity index (χ2v) is 9.87. The average molecular weight is 559 g/mol. The van der Waals surface area contributed by atoms with Gasteiger partial charge in [0, 0.05) is 26.8 Å². The van der Waals surface area contributed by atoms with Crippen molar-refractivity contribution < 1.29 is 32.2 Å². The second-order valence-electron chi connectivity index (χ2n) is 9.87. The Morgan fingerprint density at radius 1 is 1.07 bits per heavy atom. The highest BCUT2D eigenvalue weighted by Gasteiger charge is 2.33. The van der Waals surface area contributed by atoms with Crippen LogP contribution in [-0.4, -0.2) is 49.0 Å². The van der Waals surface area contributed by atoms with Crippen molar-refractivity contribution in [3.8, 4) is 0 Å². The Morgan fingerprint density at radius 2 is 1.77 bits per heavy atom. The van der Waals surface area contributed by atoms with Gasteiger partial charge in [-0.1, -0.05) is 18.2 Å². The first-order valence-electron chi connectivity index (χ1n) is 13.0. The zero-order valence-corrected chi connectivity index (χ0v) is 23.0. The maximum atomic E-state index is 13.7. The Labute approximate surface area is 231 Å². The van der Waals surface area contributed by atoms with Gasteiger partial charge in [0.15, 0.2) is 0 Å². The zero-order valence-electron chi connectivity index (χ0n) is 23.0. The summed E-state index contributed by atoms with van der Waals surface area (Å²) in [7, 11) is 2.87. The number of hydrogen-bond donors (Lipinski definition) is 1. The number of carbonyl (C=O) groups is 2. The monoisotopic (exact) mass is 558 g/mol. The number of hydrogen-bond acceptors (Lipinski definition) is 6. The Balaban J connectivity index is 1.55. The molecule has 1 aliphatic rings. The van der Waals surface area contributed by atoms with Gasteiger partial charge in [0.05, 0.1) is 36.5 Å². The molecule has 0 radical (unpaired) electrons. The predicted molar refractivity (Wildman–Crippen MR) is 143 cm³/mol. The molecule has 0 fully saturated rings. The molecule has 0 saturated carbocycles. The minimum atomic E-state index is -4.47. The topological polar surface area (TPSA) is 85.7 Å². The highest BCUT2D eigenvalue weighted by atomic mass is 19.4. The molecule has 214 valence electrons. The normalized spacial score (nSPS) is 13.7. The van der Waals surface area contributed by atoms with Crippen molar-refractivity contribution in [1.82, 2.24) is 15.1 Å². The minimum absolute atomic E-state index is 0.206. The fourth-order valence-corrected chi connectivity index (χ4v) is 4.97. The number of halogens is 3. The van der Waals surface area contributed by atoms with Crippen LogP contribution in [0.1, 0.15) is 68.1 Å². The standard InChI is InChI=1S/C29H33F3N4O4/c1-18(22-7-9-23(10-8-22)28(38)40-4)33-26(37)25-19(2)34-36-12-11-35(27(25)36)17-21-14-20(6-5-13-39-3)15-24(16-21)29(30,31)32/h7-10,14-16,18H,5-6,11-13,17H2,1-4H3,(H,33,37)/t18-/m0/s1. The number of ether oxygens (including phenoxy) is 2. The first kappa shape index (κ1) is 29.1. The molecule has 1 amide bonds. The lowest BCUT2D eigenvalue weighted by Gasteiger charge is -2.21. The quantitative estimate of drug-likeness (QED) is 0.276. The highest BCUT2D eigenvalue weighted by Crippen LogP contribution is 2.34. The number of nitrogens with one attached hydrogen (secondary N) is 1. The minimum Gasteiger partial charge on any atom is -0.465 e. The largest absolute Gasteiger partial charge is 0.465 e. The van der Waals surface area contributed by atoms with Gasteiger partial charge in [-0.15, -0.1) is 0 Å². The summed E-state index contributed by atoms with van der Waals surface area (Å²) in [6.45, 7) is 5.28. The molecule has 0 unspecified atom stereocenters. The van der Waals surface area contributed by atoms with Gasteiger partial charge in [-0.3, -0.25) is 4.79 Å². The molecular weight excluding hydrogens is 525 g/mol. The van der Waals surface area contributed by atoms with Gasteiger partial charge in [0.1, 0.15) is 11.4 Å². The van der Waals surface area contributed by atoms with Gasteiger partial charge in [0.25, 0.3) is 5.91 Å². The SMILES string of the molecule is COCCCc1cc(CN2CCn3nc(C)c(C(=O)N[C@@H](C)c4ccc(C(=O)OC)cc4)c32)cc(C(F)(F)F)c1. The van der Waals surface area contributed by atoms with Gasteiger partial charge in [-0.2, -0.15) is 18.3 Å². The van der Waals surface area contributed by atoms with E-state index in [9.17, 15) is 22.8 Å². The predicted octanol–water partition coefficient (Wildman–Crippen LogP) is 5.09. The Hall–Kier alpha value is -3.86. The van der Waals surface area contributed by atoms with Crippen LogP contribution in [0.2, 0.25) is 0 Å². The lowest BCUT2D eigenvalue weighted by atomic mass is 10.0. The molecule has 1 aliphatic heterocycles. The first-order chi connectivity index (χ1) is 19.0. The summed E-state index contributed by atoms with van der Waals surface area (Å²) in [5.41, 5.74) is 2.55. The second kappa shape index (κ2) is 12.1. The average Bonchev–Trinajstić information content (AvgIpc) is 3.45. The number of aromatic nitrogens is 2. The molecular formula is C29H33F3N4O4. The number of methoxy groups -OCH3 is 2. The van der Waals surface area contributed by atoms with Crippen LogP contribution in [0.5, 0.6) is 0 Å². The number of amides is 1. The molecule has 0 spiro atoms. The third kappa shape index (κ3) is 6.47. The Kier molecular flexibility index (Phi) is 8.82. The summed E-state index contributed by atoms with van der Waals surface area (Å²) in [5, 5.41) is 7.51. The van der Waals surface area contributed by atoms with E-state index < -0.39 is 17.7 Å². The maximum Gasteiger partial charge on any atom is 0.416 e. The van der Waals surface area contributed by atoms with Crippen LogP contribution < -0.4 is 10.2 Å². The van der Waals surface area contributed by atoms with E-state index in [1.807, 2.05) is 11.8 Å². The number of rotatable bonds is 10. The number of fused-ring (bicyclic) bond motifs is 1. The lowest BCUT2D eigenvalue weighted by Crippen LogP contribution is -2.29. The van der Waals surface area contributed by atoms with Crippen molar-refractivity contribution in [2.45, 2.75) is 52.0 Å². The van der Waals surface area contributed by atoms with E-state index in [2.05, 4.69) is 10.4 Å². The third-order valence-electron chi connectivity index (χ3n) is 6.96. The summed E-state index contributed by atoms with van der Waals surface area (Å²) in [6, 6.07) is 10.5. The lowest BCUT2D eigenvalue weighted by molar-refractivity contribution is -0.137. The van der Waals surface area contributed by atoms with E-state index in [1.54, 1.807) is 49.0 Å². The van der Waals surface area contributed by atoms with E-state index in [1.165, 1.54) is 19.2 Å². The molecule has 1 aromatic heterocycles. The van der Waals surface area contributed by atoms with Gasteiger partial charge < -0.3 is 19.7 Å². The number of carbonyl (C=O) groups excluding carboxylic acids is 2. The first-order valence-corrected chi connectivity index (χ1v) is 13.0. The van der Waals surface area contributed by atoms with Crippen molar-refractivity contribution in [2.75, 3.05) is 32.3 Å². The molecule has 0 saturated heterocycles. The van der Waals surface area contributed by atoms with E-state index in [-0.39, 0.29) is 18.5 Å². The van der Waals surface area contributed by atoms with Crippen LogP contribution >= 0.6 is 0 Å². The molecule has 0 bridgehead atoms. The van der Waals surface area contributed by atoms with E-state index in [4.69, 9.17) is 9.47 Å². The molecule has 11 heteroatoms. The van der Waals surface area contributed by atoms with E-state index >= 15 is 0 Å². The van der Waals surface area contributed by atoms with Crippen LogP contribution in [-0.2, 0) is 35.2 Å². The van der Waals surface area contributed by atoms with Crippen LogP contribution in [0, 0.1) is 6.92 Å². The number of nitrogens with zero attached hydrogens (tertiary/aromatic N) is 3. The van der Waals surface area contributed by atoms with Gasteiger partial charge in [-0.05, 0) is 67.6 Å². The van der Waals surface area contributed by atoms with Crippen LogP contribution in [0.25, 0.3) is 0 Å². The van der Waals surface area contributed by atoms with Gasteiger partial charge in [-0.25, -0.2) is 9.48 Å². The molecule has 40 heavy (non-hydrogen) atoms. The van der Waals surface area contributed by atoms with Crippen molar-refractivity contribution in [1.29, 1.82) is 0 Å². The van der Waals surface area contributed by atoms with Gasteiger partial charge in [0.2, 0.25) is 0 Å².